The Morgan fingerprint density at radius 2 is 1.93 bits per heavy atom. The van der Waals surface area contributed by atoms with Crippen molar-refractivity contribution in [2.75, 3.05) is 6.61 Å². The average Bonchev–Trinajstić information content (AvgIpc) is 2.12. The van der Waals surface area contributed by atoms with Gasteiger partial charge in [0.15, 0.2) is 0 Å². The van der Waals surface area contributed by atoms with Gasteiger partial charge in [0.25, 0.3) is 0 Å². The molecule has 0 heterocycles. The predicted molar refractivity (Wildman–Crippen MR) is 48.7 cm³/mol. The number of halogens is 2. The molecule has 0 amide bonds. The van der Waals surface area contributed by atoms with Crippen LogP contribution in [0.4, 0.5) is 8.78 Å². The molecule has 0 aliphatic rings. The molecule has 1 unspecified atom stereocenters. The van der Waals surface area contributed by atoms with E-state index in [1.807, 2.05) is 0 Å². The number of benzene rings is 1. The van der Waals surface area contributed by atoms with Gasteiger partial charge in [0.2, 0.25) is 0 Å². The summed E-state index contributed by atoms with van der Waals surface area (Å²) >= 11 is 0. The maximum absolute atomic E-state index is 12.7. The molecule has 1 N–H and O–H groups in total. The van der Waals surface area contributed by atoms with E-state index in [4.69, 9.17) is 9.84 Å². The monoisotopic (exact) mass is 216 g/mol. The lowest BCUT2D eigenvalue weighted by atomic mass is 10.2. The first-order valence-corrected chi connectivity index (χ1v) is 4.30. The summed E-state index contributed by atoms with van der Waals surface area (Å²) < 4.78 is 30.3. The van der Waals surface area contributed by atoms with Gasteiger partial charge in [-0.2, -0.15) is 0 Å². The van der Waals surface area contributed by atoms with E-state index in [1.165, 1.54) is 6.92 Å². The Bertz CT molecular complexity index is 345. The highest BCUT2D eigenvalue weighted by atomic mass is 19.1. The van der Waals surface area contributed by atoms with Crippen LogP contribution in [0, 0.1) is 17.6 Å². The Balaban J connectivity index is 2.61. The largest absolute Gasteiger partial charge is 0.492 e. The Hall–Kier alpha value is -1.65. The van der Waals surface area contributed by atoms with E-state index in [1.54, 1.807) is 0 Å². The van der Waals surface area contributed by atoms with Gasteiger partial charge in [0, 0.05) is 18.2 Å². The van der Waals surface area contributed by atoms with Gasteiger partial charge in [-0.15, -0.1) is 0 Å². The molecule has 1 aromatic carbocycles. The summed E-state index contributed by atoms with van der Waals surface area (Å²) in [6.45, 7) is 1.32. The van der Waals surface area contributed by atoms with Crippen LogP contribution >= 0.6 is 0 Å². The summed E-state index contributed by atoms with van der Waals surface area (Å²) in [5.41, 5.74) is 0. The fourth-order valence-corrected chi connectivity index (χ4v) is 0.904. The zero-order valence-corrected chi connectivity index (χ0v) is 8.04. The highest BCUT2D eigenvalue weighted by molar-refractivity contribution is 5.69. The van der Waals surface area contributed by atoms with Crippen LogP contribution in [0.2, 0.25) is 0 Å². The number of carboxylic acids is 1. The molecule has 0 aromatic heterocycles. The fourth-order valence-electron chi connectivity index (χ4n) is 0.904. The zero-order chi connectivity index (χ0) is 11.4. The van der Waals surface area contributed by atoms with Gasteiger partial charge in [-0.1, -0.05) is 0 Å². The lowest BCUT2D eigenvalue weighted by Gasteiger charge is -2.09. The van der Waals surface area contributed by atoms with E-state index in [0.29, 0.717) is 6.07 Å². The van der Waals surface area contributed by atoms with Crippen molar-refractivity contribution in [3.8, 4) is 5.75 Å². The van der Waals surface area contributed by atoms with Crippen LogP contribution < -0.4 is 4.74 Å². The second kappa shape index (κ2) is 4.72. The Labute approximate surface area is 85.3 Å². The van der Waals surface area contributed by atoms with Gasteiger partial charge in [-0.25, -0.2) is 8.78 Å². The van der Waals surface area contributed by atoms with Crippen LogP contribution in [0.3, 0.4) is 0 Å². The molecule has 1 atom stereocenters. The van der Waals surface area contributed by atoms with Crippen LogP contribution in [0.5, 0.6) is 5.75 Å². The van der Waals surface area contributed by atoms with Crippen molar-refractivity contribution in [2.24, 2.45) is 5.92 Å². The van der Waals surface area contributed by atoms with E-state index < -0.39 is 23.5 Å². The van der Waals surface area contributed by atoms with Crippen molar-refractivity contribution in [1.29, 1.82) is 0 Å². The summed E-state index contributed by atoms with van der Waals surface area (Å²) in [5, 5.41) is 8.54. The van der Waals surface area contributed by atoms with E-state index in [9.17, 15) is 13.6 Å². The van der Waals surface area contributed by atoms with Crippen LogP contribution in [-0.4, -0.2) is 17.7 Å². The average molecular weight is 216 g/mol. The number of hydrogen-bond acceptors (Lipinski definition) is 2. The standard InChI is InChI=1S/C10H10F2O3/c1-6(10(13)14)5-15-9-3-7(11)2-8(12)4-9/h2-4,6H,5H2,1H3,(H,13,14). The summed E-state index contributed by atoms with van der Waals surface area (Å²) in [5.74, 6) is -3.27. The smallest absolute Gasteiger partial charge is 0.309 e. The number of hydrogen-bond donors (Lipinski definition) is 1. The second-order valence-corrected chi connectivity index (χ2v) is 3.16. The van der Waals surface area contributed by atoms with Crippen LogP contribution in [0.15, 0.2) is 18.2 Å². The third-order valence-corrected chi connectivity index (χ3v) is 1.76. The van der Waals surface area contributed by atoms with Crippen LogP contribution in [-0.2, 0) is 4.79 Å². The van der Waals surface area contributed by atoms with Crippen molar-refractivity contribution in [3.63, 3.8) is 0 Å². The first-order valence-electron chi connectivity index (χ1n) is 4.30. The first-order chi connectivity index (χ1) is 6.99. The molecule has 1 rings (SSSR count). The molecule has 0 spiro atoms. The van der Waals surface area contributed by atoms with Crippen molar-refractivity contribution < 1.29 is 23.4 Å². The Morgan fingerprint density at radius 3 is 2.40 bits per heavy atom. The van der Waals surface area contributed by atoms with Crippen molar-refractivity contribution in [1.82, 2.24) is 0 Å². The van der Waals surface area contributed by atoms with Gasteiger partial charge in [-0.3, -0.25) is 4.79 Å². The molecule has 0 fully saturated rings. The molecule has 0 saturated carbocycles. The minimum absolute atomic E-state index is 0.0133. The molecule has 3 nitrogen and oxygen atoms in total. The van der Waals surface area contributed by atoms with E-state index >= 15 is 0 Å². The first kappa shape index (κ1) is 11.4. The molecular weight excluding hydrogens is 206 g/mol. The highest BCUT2D eigenvalue weighted by Gasteiger charge is 2.12. The Morgan fingerprint density at radius 1 is 1.40 bits per heavy atom. The van der Waals surface area contributed by atoms with Crippen molar-refractivity contribution in [2.45, 2.75) is 6.92 Å². The molecular formula is C10H10F2O3. The number of rotatable bonds is 4. The fraction of sp³-hybridized carbons (Fsp3) is 0.300. The molecule has 15 heavy (non-hydrogen) atoms. The maximum Gasteiger partial charge on any atom is 0.309 e. The SMILES string of the molecule is CC(COc1cc(F)cc(F)c1)C(=O)O. The molecule has 82 valence electrons. The number of aliphatic carboxylic acids is 1. The molecule has 5 heteroatoms. The molecule has 0 radical (unpaired) electrons. The molecule has 0 bridgehead atoms. The number of ether oxygens (including phenoxy) is 1. The van der Waals surface area contributed by atoms with E-state index in [2.05, 4.69) is 0 Å². The maximum atomic E-state index is 12.7. The molecule has 0 aliphatic carbocycles. The van der Waals surface area contributed by atoms with Crippen LogP contribution in [0.1, 0.15) is 6.92 Å². The van der Waals surface area contributed by atoms with Crippen molar-refractivity contribution in [3.05, 3.63) is 29.8 Å². The molecule has 1 aromatic rings. The lowest BCUT2D eigenvalue weighted by molar-refractivity contribution is -0.142. The van der Waals surface area contributed by atoms with Gasteiger partial charge in [0.05, 0.1) is 5.92 Å². The van der Waals surface area contributed by atoms with Gasteiger partial charge in [-0.05, 0) is 6.92 Å². The summed E-state index contributed by atoms with van der Waals surface area (Å²) in [6.07, 6.45) is 0. The van der Waals surface area contributed by atoms with Gasteiger partial charge < -0.3 is 9.84 Å². The van der Waals surface area contributed by atoms with Crippen molar-refractivity contribution >= 4 is 5.97 Å². The third-order valence-electron chi connectivity index (χ3n) is 1.76. The lowest BCUT2D eigenvalue weighted by Crippen LogP contribution is -2.17. The minimum atomic E-state index is -1.02. The number of carbonyl (C=O) groups is 1. The Kier molecular flexibility index (Phi) is 3.60. The predicted octanol–water partition coefficient (Wildman–Crippen LogP) is 2.06. The third kappa shape index (κ3) is 3.53. The minimum Gasteiger partial charge on any atom is -0.492 e. The van der Waals surface area contributed by atoms with E-state index in [-0.39, 0.29) is 12.4 Å². The van der Waals surface area contributed by atoms with Gasteiger partial charge >= 0.3 is 5.97 Å². The number of carboxylic acid groups (broad SMARTS) is 1. The highest BCUT2D eigenvalue weighted by Crippen LogP contribution is 2.16. The topological polar surface area (TPSA) is 46.5 Å². The quantitative estimate of drug-likeness (QED) is 0.837. The molecule has 0 aliphatic heterocycles. The zero-order valence-electron chi connectivity index (χ0n) is 8.04. The molecule has 0 saturated heterocycles. The summed E-state index contributed by atoms with van der Waals surface area (Å²) in [7, 11) is 0. The summed E-state index contributed by atoms with van der Waals surface area (Å²) in [4.78, 5) is 10.4. The van der Waals surface area contributed by atoms with Crippen LogP contribution in [0.25, 0.3) is 0 Å². The summed E-state index contributed by atoms with van der Waals surface area (Å²) in [6, 6.07) is 2.71. The second-order valence-electron chi connectivity index (χ2n) is 3.16. The normalized spacial score (nSPS) is 12.2. The van der Waals surface area contributed by atoms with Gasteiger partial charge in [0.1, 0.15) is 24.0 Å². The van der Waals surface area contributed by atoms with E-state index in [0.717, 1.165) is 12.1 Å².